The van der Waals surface area contributed by atoms with Crippen molar-refractivity contribution in [3.8, 4) is 17.3 Å². The average Bonchev–Trinajstić information content (AvgIpc) is 2.38. The van der Waals surface area contributed by atoms with Crippen molar-refractivity contribution in [1.29, 1.82) is 0 Å². The number of aromatic nitrogens is 2. The molecule has 0 saturated heterocycles. The van der Waals surface area contributed by atoms with Gasteiger partial charge in [0.1, 0.15) is 5.82 Å². The molecule has 1 heterocycles. The molecule has 94 valence electrons. The number of benzene rings is 1. The van der Waals surface area contributed by atoms with Crippen molar-refractivity contribution in [2.45, 2.75) is 26.7 Å². The molecule has 18 heavy (non-hydrogen) atoms. The molecule has 4 nitrogen and oxygen atoms in total. The highest BCUT2D eigenvalue weighted by Gasteiger charge is 2.11. The summed E-state index contributed by atoms with van der Waals surface area (Å²) in [7, 11) is 0. The van der Waals surface area contributed by atoms with Crippen molar-refractivity contribution in [2.24, 2.45) is 0 Å². The fourth-order valence-corrected chi connectivity index (χ4v) is 1.99. The molecule has 4 heteroatoms. The summed E-state index contributed by atoms with van der Waals surface area (Å²) in [6.07, 6.45) is 1.31. The van der Waals surface area contributed by atoms with Gasteiger partial charge >= 0.3 is 0 Å². The highest BCUT2D eigenvalue weighted by molar-refractivity contribution is 5.60. The molecule has 2 N–H and O–H groups in total. The first-order valence-corrected chi connectivity index (χ1v) is 6.07. The van der Waals surface area contributed by atoms with Crippen LogP contribution in [0, 0.1) is 0 Å². The number of aromatic hydroxyl groups is 1. The standard InChI is InChI=1S/C14H16N2O2/c1-3-9-7-5-6-8-11(9)12-15-13(17)10(4-2)14(18)16-12/h5-8H,3-4H2,1-2H3,(H2,15,16,17,18). The van der Waals surface area contributed by atoms with Crippen molar-refractivity contribution in [3.63, 3.8) is 0 Å². The van der Waals surface area contributed by atoms with E-state index < -0.39 is 0 Å². The summed E-state index contributed by atoms with van der Waals surface area (Å²) in [5.74, 6) is 0.245. The van der Waals surface area contributed by atoms with E-state index in [0.717, 1.165) is 17.5 Å². The van der Waals surface area contributed by atoms with E-state index >= 15 is 0 Å². The van der Waals surface area contributed by atoms with Gasteiger partial charge in [-0.15, -0.1) is 0 Å². The second kappa shape index (κ2) is 5.04. The van der Waals surface area contributed by atoms with Gasteiger partial charge in [-0.05, 0) is 18.4 Å². The minimum atomic E-state index is -0.272. The van der Waals surface area contributed by atoms with Crippen LogP contribution in [0.25, 0.3) is 11.4 Å². The summed E-state index contributed by atoms with van der Waals surface area (Å²) in [6.45, 7) is 3.85. The molecule has 0 aliphatic rings. The van der Waals surface area contributed by atoms with Crippen LogP contribution in [0.2, 0.25) is 0 Å². The Hall–Kier alpha value is -2.10. The smallest absolute Gasteiger partial charge is 0.258 e. The Kier molecular flexibility index (Phi) is 3.46. The monoisotopic (exact) mass is 244 g/mol. The number of nitrogens with one attached hydrogen (secondary N) is 1. The average molecular weight is 244 g/mol. The maximum atomic E-state index is 11.8. The zero-order chi connectivity index (χ0) is 13.1. The van der Waals surface area contributed by atoms with Gasteiger partial charge in [0.05, 0.1) is 5.56 Å². The Morgan fingerprint density at radius 2 is 1.94 bits per heavy atom. The minimum Gasteiger partial charge on any atom is -0.493 e. The second-order valence-corrected chi connectivity index (χ2v) is 4.08. The Labute approximate surface area is 105 Å². The lowest BCUT2D eigenvalue weighted by Gasteiger charge is -2.08. The lowest BCUT2D eigenvalue weighted by Crippen LogP contribution is -2.14. The van der Waals surface area contributed by atoms with E-state index in [9.17, 15) is 9.90 Å². The van der Waals surface area contributed by atoms with Crippen LogP contribution in [0.15, 0.2) is 29.1 Å². The van der Waals surface area contributed by atoms with Gasteiger partial charge < -0.3 is 10.1 Å². The fraction of sp³-hybridized carbons (Fsp3) is 0.286. The minimum absolute atomic E-state index is 0.179. The summed E-state index contributed by atoms with van der Waals surface area (Å²) >= 11 is 0. The lowest BCUT2D eigenvalue weighted by atomic mass is 10.0. The summed E-state index contributed by atoms with van der Waals surface area (Å²) in [6, 6.07) is 7.71. The molecular formula is C14H16N2O2. The highest BCUT2D eigenvalue weighted by atomic mass is 16.3. The third-order valence-electron chi connectivity index (χ3n) is 3.00. The zero-order valence-corrected chi connectivity index (χ0v) is 10.5. The van der Waals surface area contributed by atoms with E-state index in [4.69, 9.17) is 0 Å². The molecule has 0 radical (unpaired) electrons. The van der Waals surface area contributed by atoms with Gasteiger partial charge in [0, 0.05) is 5.56 Å². The van der Waals surface area contributed by atoms with E-state index in [1.165, 1.54) is 0 Å². The van der Waals surface area contributed by atoms with Crippen LogP contribution in [0.1, 0.15) is 25.0 Å². The number of H-pyrrole nitrogens is 1. The maximum absolute atomic E-state index is 11.8. The SMILES string of the molecule is CCc1ccccc1-c1nc(O)c(CC)c(=O)[nH]1. The molecule has 0 atom stereocenters. The van der Waals surface area contributed by atoms with Gasteiger partial charge in [-0.1, -0.05) is 38.1 Å². The van der Waals surface area contributed by atoms with E-state index in [1.54, 1.807) is 0 Å². The fourth-order valence-electron chi connectivity index (χ4n) is 1.99. The van der Waals surface area contributed by atoms with Crippen LogP contribution in [0.3, 0.4) is 0 Å². The van der Waals surface area contributed by atoms with Gasteiger partial charge in [-0.3, -0.25) is 4.79 Å². The topological polar surface area (TPSA) is 66.0 Å². The van der Waals surface area contributed by atoms with Crippen LogP contribution in [-0.4, -0.2) is 15.1 Å². The Morgan fingerprint density at radius 1 is 1.22 bits per heavy atom. The quantitative estimate of drug-likeness (QED) is 0.870. The third kappa shape index (κ3) is 2.14. The number of hydrogen-bond donors (Lipinski definition) is 2. The zero-order valence-electron chi connectivity index (χ0n) is 10.5. The van der Waals surface area contributed by atoms with Crippen molar-refractivity contribution in [3.05, 3.63) is 45.7 Å². The molecule has 0 bridgehead atoms. The van der Waals surface area contributed by atoms with Crippen LogP contribution in [0.5, 0.6) is 5.88 Å². The number of nitrogens with zero attached hydrogens (tertiary/aromatic N) is 1. The number of aryl methyl sites for hydroxylation is 1. The third-order valence-corrected chi connectivity index (χ3v) is 3.00. The highest BCUT2D eigenvalue weighted by Crippen LogP contribution is 2.22. The summed E-state index contributed by atoms with van der Waals surface area (Å²) in [5.41, 5.74) is 2.00. The first kappa shape index (κ1) is 12.4. The van der Waals surface area contributed by atoms with Gasteiger partial charge in [0.2, 0.25) is 5.88 Å². The van der Waals surface area contributed by atoms with Crippen molar-refractivity contribution in [2.75, 3.05) is 0 Å². The molecule has 0 saturated carbocycles. The van der Waals surface area contributed by atoms with E-state index in [1.807, 2.05) is 38.1 Å². The summed E-state index contributed by atoms with van der Waals surface area (Å²) < 4.78 is 0. The number of aromatic amines is 1. The predicted octanol–water partition coefficient (Wildman–Crippen LogP) is 2.27. The summed E-state index contributed by atoms with van der Waals surface area (Å²) in [4.78, 5) is 18.6. The molecule has 0 aliphatic heterocycles. The first-order chi connectivity index (χ1) is 8.67. The molecule has 0 aliphatic carbocycles. The van der Waals surface area contributed by atoms with E-state index in [-0.39, 0.29) is 11.4 Å². The predicted molar refractivity (Wildman–Crippen MR) is 70.7 cm³/mol. The normalized spacial score (nSPS) is 10.6. The molecule has 1 aromatic carbocycles. The van der Waals surface area contributed by atoms with Crippen LogP contribution in [0.4, 0.5) is 0 Å². The van der Waals surface area contributed by atoms with Crippen LogP contribution < -0.4 is 5.56 Å². The van der Waals surface area contributed by atoms with Gasteiger partial charge in [-0.2, -0.15) is 4.98 Å². The van der Waals surface area contributed by atoms with E-state index in [2.05, 4.69) is 9.97 Å². The van der Waals surface area contributed by atoms with Crippen LogP contribution in [-0.2, 0) is 12.8 Å². The molecular weight excluding hydrogens is 228 g/mol. The summed E-state index contributed by atoms with van der Waals surface area (Å²) in [5, 5.41) is 9.77. The lowest BCUT2D eigenvalue weighted by molar-refractivity contribution is 0.444. The molecule has 0 unspecified atom stereocenters. The Bertz CT molecular complexity index is 617. The number of rotatable bonds is 3. The number of hydrogen-bond acceptors (Lipinski definition) is 3. The molecule has 0 fully saturated rings. The molecule has 0 spiro atoms. The maximum Gasteiger partial charge on any atom is 0.258 e. The molecule has 0 amide bonds. The van der Waals surface area contributed by atoms with Gasteiger partial charge in [-0.25, -0.2) is 0 Å². The largest absolute Gasteiger partial charge is 0.493 e. The second-order valence-electron chi connectivity index (χ2n) is 4.08. The Balaban J connectivity index is 2.62. The van der Waals surface area contributed by atoms with Crippen molar-refractivity contribution in [1.82, 2.24) is 9.97 Å². The van der Waals surface area contributed by atoms with E-state index in [0.29, 0.717) is 17.8 Å². The molecule has 2 rings (SSSR count). The molecule has 2 aromatic rings. The van der Waals surface area contributed by atoms with Crippen molar-refractivity contribution < 1.29 is 5.11 Å². The molecule has 1 aromatic heterocycles. The first-order valence-electron chi connectivity index (χ1n) is 6.07. The van der Waals surface area contributed by atoms with Crippen LogP contribution >= 0.6 is 0 Å². The van der Waals surface area contributed by atoms with Crippen molar-refractivity contribution >= 4 is 0 Å². The Morgan fingerprint density at radius 3 is 2.56 bits per heavy atom. The van der Waals surface area contributed by atoms with Gasteiger partial charge in [0.15, 0.2) is 0 Å². The van der Waals surface area contributed by atoms with Gasteiger partial charge in [0.25, 0.3) is 5.56 Å².